The lowest BCUT2D eigenvalue weighted by atomic mass is 10.1. The number of rotatable bonds is 15. The van der Waals surface area contributed by atoms with E-state index < -0.39 is 26.0 Å². The van der Waals surface area contributed by atoms with E-state index in [0.29, 0.717) is 28.9 Å². The van der Waals surface area contributed by atoms with Gasteiger partial charge in [-0.05, 0) is 43.5 Å². The van der Waals surface area contributed by atoms with Gasteiger partial charge in [-0.3, -0.25) is 18.7 Å². The van der Waals surface area contributed by atoms with Crippen molar-refractivity contribution in [3.8, 4) is 5.75 Å². The van der Waals surface area contributed by atoms with Crippen molar-refractivity contribution in [3.05, 3.63) is 90.2 Å². The number of hydrogen-bond acceptors (Lipinski definition) is 12. The second kappa shape index (κ2) is 15.0. The molecule has 0 aliphatic carbocycles. The van der Waals surface area contributed by atoms with E-state index >= 15 is 0 Å². The first-order valence-corrected chi connectivity index (χ1v) is 16.2. The Morgan fingerprint density at radius 1 is 1.09 bits per heavy atom. The third-order valence-corrected chi connectivity index (χ3v) is 8.54. The summed E-state index contributed by atoms with van der Waals surface area (Å²) in [7, 11) is -4.26. The Kier molecular flexibility index (Phi) is 10.6. The van der Waals surface area contributed by atoms with E-state index in [1.807, 2.05) is 30.3 Å². The fourth-order valence-corrected chi connectivity index (χ4v) is 6.12. The molecule has 0 bridgehead atoms. The van der Waals surface area contributed by atoms with Gasteiger partial charge in [0.2, 0.25) is 0 Å². The van der Waals surface area contributed by atoms with Crippen molar-refractivity contribution in [2.75, 3.05) is 18.9 Å². The molecule has 0 radical (unpaired) electrons. The van der Waals surface area contributed by atoms with Crippen molar-refractivity contribution >= 4 is 36.7 Å². The third kappa shape index (κ3) is 8.27. The van der Waals surface area contributed by atoms with Gasteiger partial charge in [0.25, 0.3) is 0 Å². The molecule has 3 atom stereocenters. The highest BCUT2D eigenvalue weighted by atomic mass is 31.2. The van der Waals surface area contributed by atoms with Crippen LogP contribution in [0.25, 0.3) is 11.2 Å². The molecule has 0 saturated carbocycles. The van der Waals surface area contributed by atoms with Crippen molar-refractivity contribution in [3.63, 3.8) is 0 Å². The van der Waals surface area contributed by atoms with E-state index in [-0.39, 0.29) is 50.2 Å². The Hall–Kier alpha value is -4.78. The lowest BCUT2D eigenvalue weighted by Gasteiger charge is -2.24. The van der Waals surface area contributed by atoms with E-state index in [0.717, 1.165) is 5.56 Å². The van der Waals surface area contributed by atoms with E-state index in [1.54, 1.807) is 48.2 Å². The first kappa shape index (κ1) is 32.6. The second-order valence-electron chi connectivity index (χ2n) is 10.3. The Morgan fingerprint density at radius 3 is 2.67 bits per heavy atom. The van der Waals surface area contributed by atoms with Crippen molar-refractivity contribution in [2.24, 2.45) is 0 Å². The topological polar surface area (TPSA) is 179 Å². The fraction of sp³-hybridized carbons (Fsp3) is 0.323. The SMILES string of the molecule is CCOC(=O)CCc1ccccc1OP(=O)(NC(C)C(=O)OCc1ccccc1)OCC1=CC[C@H](n2cnc3c(N)ncnc32)O1. The summed E-state index contributed by atoms with van der Waals surface area (Å²) >= 11 is 0. The summed E-state index contributed by atoms with van der Waals surface area (Å²) in [5.41, 5.74) is 8.27. The van der Waals surface area contributed by atoms with Crippen LogP contribution in [0.1, 0.15) is 44.0 Å². The van der Waals surface area contributed by atoms with Gasteiger partial charge in [0.05, 0.1) is 6.61 Å². The van der Waals surface area contributed by atoms with E-state index in [9.17, 15) is 14.2 Å². The lowest BCUT2D eigenvalue weighted by Crippen LogP contribution is -2.35. The monoisotopic (exact) mass is 650 g/mol. The largest absolute Gasteiger partial charge is 0.472 e. The van der Waals surface area contributed by atoms with Gasteiger partial charge in [0, 0.05) is 12.8 Å². The Balaban J connectivity index is 1.29. The maximum atomic E-state index is 14.3. The number of ether oxygens (including phenoxy) is 3. The summed E-state index contributed by atoms with van der Waals surface area (Å²) in [5.74, 6) is -0.175. The molecule has 3 N–H and O–H groups in total. The highest BCUT2D eigenvalue weighted by molar-refractivity contribution is 7.52. The second-order valence-corrected chi connectivity index (χ2v) is 12.0. The van der Waals surface area contributed by atoms with Crippen molar-refractivity contribution in [2.45, 2.75) is 52.0 Å². The standard InChI is InChI=1S/C31H35N6O8P/c1-3-41-27(38)16-13-23-11-7-8-12-25(23)45-46(40,36-21(2)31(39)42-17-22-9-5-4-6-10-22)43-18-24-14-15-26(44-24)37-20-35-28-29(32)33-19-34-30(28)37/h4-12,14,19-21,26H,3,13,15-18H2,1-2H3,(H,36,40)(H2,32,33,34)/t21?,26-,46?/m1/s1. The van der Waals surface area contributed by atoms with Gasteiger partial charge in [-0.1, -0.05) is 48.5 Å². The minimum atomic E-state index is -4.26. The Labute approximate surface area is 265 Å². The zero-order chi connectivity index (χ0) is 32.5. The quantitative estimate of drug-likeness (QED) is 0.134. The number of aryl methyl sites for hydroxylation is 1. The first-order chi connectivity index (χ1) is 22.2. The molecular formula is C31H35N6O8P. The molecule has 46 heavy (non-hydrogen) atoms. The average Bonchev–Trinajstić information content (AvgIpc) is 3.71. The Morgan fingerprint density at radius 2 is 1.87 bits per heavy atom. The van der Waals surface area contributed by atoms with E-state index in [4.69, 9.17) is 29.0 Å². The molecule has 1 aliphatic heterocycles. The number of benzene rings is 2. The predicted octanol–water partition coefficient (Wildman–Crippen LogP) is 4.63. The normalized spacial score (nSPS) is 16.2. The number of nitrogens with two attached hydrogens (primary N) is 1. The van der Waals surface area contributed by atoms with Crippen LogP contribution in [-0.2, 0) is 45.9 Å². The number of para-hydroxylation sites is 1. The number of nitrogens with zero attached hydrogens (tertiary/aromatic N) is 4. The van der Waals surface area contributed by atoms with Gasteiger partial charge in [0.15, 0.2) is 17.7 Å². The zero-order valence-corrected chi connectivity index (χ0v) is 26.3. The van der Waals surface area contributed by atoms with Gasteiger partial charge in [-0.15, -0.1) is 0 Å². The molecule has 0 spiro atoms. The summed E-state index contributed by atoms with van der Waals surface area (Å²) in [6.07, 6.45) is 5.01. The molecule has 14 nitrogen and oxygen atoms in total. The number of carbonyl (C=O) groups excluding carboxylic acids is 2. The van der Waals surface area contributed by atoms with Crippen LogP contribution in [0, 0.1) is 0 Å². The summed E-state index contributed by atoms with van der Waals surface area (Å²) in [4.78, 5) is 37.4. The number of fused-ring (bicyclic) bond motifs is 1. The van der Waals surface area contributed by atoms with Crippen LogP contribution in [0.4, 0.5) is 5.82 Å². The van der Waals surface area contributed by atoms with Crippen molar-refractivity contribution in [1.29, 1.82) is 0 Å². The van der Waals surface area contributed by atoms with Crippen LogP contribution < -0.4 is 15.3 Å². The number of hydrogen-bond donors (Lipinski definition) is 2. The summed E-state index contributed by atoms with van der Waals surface area (Å²) in [5, 5.41) is 2.70. The molecule has 242 valence electrons. The number of nitrogens with one attached hydrogen (secondary N) is 1. The minimum absolute atomic E-state index is 0.0377. The van der Waals surface area contributed by atoms with Crippen LogP contribution in [0.15, 0.2) is 79.1 Å². The van der Waals surface area contributed by atoms with Crippen LogP contribution in [0.3, 0.4) is 0 Å². The molecule has 2 aromatic heterocycles. The van der Waals surface area contributed by atoms with E-state index in [1.165, 1.54) is 13.3 Å². The van der Waals surface area contributed by atoms with Gasteiger partial charge in [0.1, 0.15) is 48.9 Å². The molecule has 3 heterocycles. The van der Waals surface area contributed by atoms with Crippen LogP contribution in [0.2, 0.25) is 0 Å². The average molecular weight is 651 g/mol. The highest BCUT2D eigenvalue weighted by Gasteiger charge is 2.34. The van der Waals surface area contributed by atoms with Gasteiger partial charge < -0.3 is 24.5 Å². The number of esters is 2. The summed E-state index contributed by atoms with van der Waals surface area (Å²) in [6.45, 7) is 3.28. The van der Waals surface area contributed by atoms with E-state index in [2.05, 4.69) is 20.0 Å². The molecule has 1 aliphatic rings. The number of carbonyl (C=O) groups is 2. The molecule has 0 saturated heterocycles. The molecule has 2 unspecified atom stereocenters. The fourth-order valence-electron chi connectivity index (χ4n) is 4.63. The summed E-state index contributed by atoms with van der Waals surface area (Å²) in [6, 6.07) is 14.9. The third-order valence-electron chi connectivity index (χ3n) is 6.93. The van der Waals surface area contributed by atoms with Gasteiger partial charge in [-0.25, -0.2) is 19.5 Å². The molecule has 15 heteroatoms. The predicted molar refractivity (Wildman–Crippen MR) is 167 cm³/mol. The summed E-state index contributed by atoms with van der Waals surface area (Å²) < 4.78 is 44.3. The highest BCUT2D eigenvalue weighted by Crippen LogP contribution is 2.47. The lowest BCUT2D eigenvalue weighted by molar-refractivity contribution is -0.146. The Bertz CT molecular complexity index is 1750. The number of anilines is 1. The smallest absolute Gasteiger partial charge is 0.459 e. The molecule has 5 rings (SSSR count). The number of aromatic nitrogens is 4. The first-order valence-electron chi connectivity index (χ1n) is 14.7. The van der Waals surface area contributed by atoms with Crippen LogP contribution in [0.5, 0.6) is 5.75 Å². The molecule has 0 amide bonds. The van der Waals surface area contributed by atoms with Crippen LogP contribution in [-0.4, -0.2) is 50.7 Å². The zero-order valence-electron chi connectivity index (χ0n) is 25.4. The minimum Gasteiger partial charge on any atom is -0.472 e. The molecule has 4 aromatic rings. The molecular weight excluding hydrogens is 615 g/mol. The van der Waals surface area contributed by atoms with Crippen molar-refractivity contribution in [1.82, 2.24) is 24.6 Å². The van der Waals surface area contributed by atoms with Crippen molar-refractivity contribution < 1.29 is 37.4 Å². The van der Waals surface area contributed by atoms with Gasteiger partial charge in [-0.2, -0.15) is 5.09 Å². The van der Waals surface area contributed by atoms with Crippen LogP contribution >= 0.6 is 7.75 Å². The molecule has 0 fully saturated rings. The maximum Gasteiger partial charge on any atom is 0.459 e. The number of imidazole rings is 1. The number of nitrogen functional groups attached to an aromatic ring is 1. The maximum absolute atomic E-state index is 14.3. The molecule has 2 aromatic carbocycles. The van der Waals surface area contributed by atoms with Gasteiger partial charge >= 0.3 is 19.7 Å².